The van der Waals surface area contributed by atoms with Crippen molar-refractivity contribution in [2.45, 2.75) is 0 Å². The van der Waals surface area contributed by atoms with Gasteiger partial charge in [0.1, 0.15) is 17.3 Å². The Labute approximate surface area is 131 Å². The molecule has 0 unspecified atom stereocenters. The van der Waals surface area contributed by atoms with Gasteiger partial charge in [-0.05, 0) is 18.2 Å². The van der Waals surface area contributed by atoms with Crippen LogP contribution in [0.25, 0.3) is 16.9 Å². The van der Waals surface area contributed by atoms with Gasteiger partial charge < -0.3 is 10.5 Å². The lowest BCUT2D eigenvalue weighted by atomic mass is 10.1. The number of anilines is 1. The van der Waals surface area contributed by atoms with Crippen LogP contribution in [0.4, 0.5) is 5.82 Å². The third-order valence-corrected chi connectivity index (χ3v) is 3.89. The number of para-hydroxylation sites is 2. The number of rotatable bonds is 3. The predicted molar refractivity (Wildman–Crippen MR) is 87.7 cm³/mol. The molecule has 3 rings (SSSR count). The monoisotopic (exact) mass is 343 g/mol. The topological polar surface area (TPSA) is 53.1 Å². The van der Waals surface area contributed by atoms with E-state index in [-0.39, 0.29) is 0 Å². The lowest BCUT2D eigenvalue weighted by molar-refractivity contribution is 0.412. The Kier molecular flexibility index (Phi) is 3.66. The number of hydrogen-bond donors (Lipinski definition) is 1. The molecule has 2 N–H and O–H groups in total. The lowest BCUT2D eigenvalue weighted by Gasteiger charge is -2.09. The molecule has 21 heavy (non-hydrogen) atoms. The van der Waals surface area contributed by atoms with Crippen LogP contribution < -0.4 is 10.5 Å². The molecule has 0 aliphatic carbocycles. The number of benzene rings is 2. The smallest absolute Gasteiger partial charge is 0.144 e. The number of nitrogen functional groups attached to an aromatic ring is 1. The Morgan fingerprint density at radius 1 is 1.10 bits per heavy atom. The lowest BCUT2D eigenvalue weighted by Crippen LogP contribution is -2.03. The normalized spacial score (nSPS) is 10.6. The summed E-state index contributed by atoms with van der Waals surface area (Å²) < 4.78 is 8.04. The fourth-order valence-electron chi connectivity index (χ4n) is 2.19. The summed E-state index contributed by atoms with van der Waals surface area (Å²) >= 11 is 3.54. The molecule has 106 valence electrons. The van der Waals surface area contributed by atoms with Gasteiger partial charge in [0, 0.05) is 16.1 Å². The van der Waals surface area contributed by atoms with E-state index in [0.717, 1.165) is 27.2 Å². The first kappa shape index (κ1) is 13.7. The maximum Gasteiger partial charge on any atom is 0.144 e. The molecule has 0 aliphatic heterocycles. The number of hydrogen-bond acceptors (Lipinski definition) is 3. The molecule has 0 amide bonds. The van der Waals surface area contributed by atoms with E-state index in [9.17, 15) is 0 Å². The van der Waals surface area contributed by atoms with Crippen molar-refractivity contribution in [3.8, 4) is 22.7 Å². The fraction of sp³-hybridized carbons (Fsp3) is 0.0625. The maximum atomic E-state index is 6.11. The molecular weight excluding hydrogens is 330 g/mol. The average molecular weight is 344 g/mol. The van der Waals surface area contributed by atoms with Gasteiger partial charge in [0.2, 0.25) is 0 Å². The summed E-state index contributed by atoms with van der Waals surface area (Å²) in [6.07, 6.45) is 0. The summed E-state index contributed by atoms with van der Waals surface area (Å²) in [6, 6.07) is 17.4. The van der Waals surface area contributed by atoms with Crippen LogP contribution in [0.15, 0.2) is 59.1 Å². The van der Waals surface area contributed by atoms with Gasteiger partial charge in [0.05, 0.1) is 12.8 Å². The van der Waals surface area contributed by atoms with E-state index in [1.807, 2.05) is 54.6 Å². The van der Waals surface area contributed by atoms with Crippen LogP contribution in [0.5, 0.6) is 5.75 Å². The van der Waals surface area contributed by atoms with Crippen molar-refractivity contribution < 1.29 is 4.74 Å². The summed E-state index contributed by atoms with van der Waals surface area (Å²) in [5.74, 6) is 1.29. The minimum absolute atomic E-state index is 0.560. The van der Waals surface area contributed by atoms with Crippen molar-refractivity contribution in [2.75, 3.05) is 12.8 Å². The first-order valence-electron chi connectivity index (χ1n) is 6.44. The second-order valence-electron chi connectivity index (χ2n) is 4.52. The van der Waals surface area contributed by atoms with E-state index in [2.05, 4.69) is 21.0 Å². The zero-order valence-corrected chi connectivity index (χ0v) is 13.0. The quantitative estimate of drug-likeness (QED) is 0.784. The Morgan fingerprint density at radius 2 is 1.81 bits per heavy atom. The first-order valence-corrected chi connectivity index (χ1v) is 7.24. The van der Waals surface area contributed by atoms with E-state index in [4.69, 9.17) is 10.5 Å². The Bertz CT molecular complexity index is 783. The summed E-state index contributed by atoms with van der Waals surface area (Å²) in [4.78, 5) is 0. The second kappa shape index (κ2) is 5.61. The van der Waals surface area contributed by atoms with Gasteiger partial charge in [-0.15, -0.1) is 0 Å². The molecule has 0 saturated carbocycles. The van der Waals surface area contributed by atoms with Gasteiger partial charge in [-0.3, -0.25) is 0 Å². The molecule has 0 radical (unpaired) electrons. The predicted octanol–water partition coefficient (Wildman–Crippen LogP) is 3.89. The molecule has 1 heterocycles. The van der Waals surface area contributed by atoms with E-state index in [1.54, 1.807) is 11.8 Å². The van der Waals surface area contributed by atoms with E-state index in [1.165, 1.54) is 0 Å². The van der Waals surface area contributed by atoms with Crippen molar-refractivity contribution in [3.05, 3.63) is 59.1 Å². The minimum Gasteiger partial charge on any atom is -0.494 e. The SMILES string of the molecule is COc1ccccc1-n1nc(-c2ccccc2Br)cc1N. The number of ether oxygens (including phenoxy) is 1. The number of nitrogens with two attached hydrogens (primary N) is 1. The van der Waals surface area contributed by atoms with Crippen molar-refractivity contribution in [2.24, 2.45) is 0 Å². The van der Waals surface area contributed by atoms with Crippen LogP contribution in [-0.4, -0.2) is 16.9 Å². The molecule has 3 aromatic rings. The molecule has 0 spiro atoms. The largest absolute Gasteiger partial charge is 0.494 e. The summed E-state index contributed by atoms with van der Waals surface area (Å²) in [6.45, 7) is 0. The number of nitrogens with zero attached hydrogens (tertiary/aromatic N) is 2. The molecule has 0 saturated heterocycles. The van der Waals surface area contributed by atoms with Crippen LogP contribution in [0.3, 0.4) is 0 Å². The first-order chi connectivity index (χ1) is 10.2. The number of halogens is 1. The Balaban J connectivity index is 2.13. The zero-order chi connectivity index (χ0) is 14.8. The number of methoxy groups -OCH3 is 1. The van der Waals surface area contributed by atoms with Crippen molar-refractivity contribution in [1.82, 2.24) is 9.78 Å². The molecule has 5 heteroatoms. The van der Waals surface area contributed by atoms with Crippen molar-refractivity contribution in [3.63, 3.8) is 0 Å². The van der Waals surface area contributed by atoms with E-state index >= 15 is 0 Å². The standard InChI is InChI=1S/C16H14BrN3O/c1-21-15-9-5-4-8-14(15)20-16(18)10-13(19-20)11-6-2-3-7-12(11)17/h2-10H,18H2,1H3. The molecule has 0 aliphatic rings. The van der Waals surface area contributed by atoms with Gasteiger partial charge in [-0.25, -0.2) is 4.68 Å². The highest BCUT2D eigenvalue weighted by molar-refractivity contribution is 9.10. The average Bonchev–Trinajstić information content (AvgIpc) is 2.89. The third-order valence-electron chi connectivity index (χ3n) is 3.20. The molecular formula is C16H14BrN3O. The second-order valence-corrected chi connectivity index (χ2v) is 5.37. The van der Waals surface area contributed by atoms with Crippen molar-refractivity contribution in [1.29, 1.82) is 0 Å². The molecule has 1 aromatic heterocycles. The minimum atomic E-state index is 0.560. The Hall–Kier alpha value is -2.27. The highest BCUT2D eigenvalue weighted by Crippen LogP contribution is 2.31. The maximum absolute atomic E-state index is 6.11. The van der Waals surface area contributed by atoms with Crippen molar-refractivity contribution >= 4 is 21.7 Å². The summed E-state index contributed by atoms with van der Waals surface area (Å²) in [5, 5.41) is 4.60. The molecule has 2 aromatic carbocycles. The van der Waals surface area contributed by atoms with Crippen LogP contribution in [0, 0.1) is 0 Å². The third kappa shape index (κ3) is 2.52. The van der Waals surface area contributed by atoms with E-state index < -0.39 is 0 Å². The van der Waals surface area contributed by atoms with Gasteiger partial charge in [-0.1, -0.05) is 46.3 Å². The molecule has 4 nitrogen and oxygen atoms in total. The summed E-state index contributed by atoms with van der Waals surface area (Å²) in [5.41, 5.74) is 8.74. The Morgan fingerprint density at radius 3 is 2.57 bits per heavy atom. The van der Waals surface area contributed by atoms with Crippen LogP contribution >= 0.6 is 15.9 Å². The van der Waals surface area contributed by atoms with Crippen LogP contribution in [0.2, 0.25) is 0 Å². The van der Waals surface area contributed by atoms with Crippen LogP contribution in [0.1, 0.15) is 0 Å². The molecule has 0 atom stereocenters. The highest BCUT2D eigenvalue weighted by atomic mass is 79.9. The van der Waals surface area contributed by atoms with Crippen LogP contribution in [-0.2, 0) is 0 Å². The van der Waals surface area contributed by atoms with E-state index in [0.29, 0.717) is 5.82 Å². The van der Waals surface area contributed by atoms with Gasteiger partial charge >= 0.3 is 0 Å². The molecule has 0 fully saturated rings. The fourth-order valence-corrected chi connectivity index (χ4v) is 2.68. The number of aromatic nitrogens is 2. The zero-order valence-electron chi connectivity index (χ0n) is 11.5. The van der Waals surface area contributed by atoms with Gasteiger partial charge in [-0.2, -0.15) is 5.10 Å². The molecule has 0 bridgehead atoms. The highest BCUT2D eigenvalue weighted by Gasteiger charge is 2.13. The van der Waals surface area contributed by atoms with Gasteiger partial charge in [0.25, 0.3) is 0 Å². The van der Waals surface area contributed by atoms with Gasteiger partial charge in [0.15, 0.2) is 0 Å². The summed E-state index contributed by atoms with van der Waals surface area (Å²) in [7, 11) is 1.63.